The lowest BCUT2D eigenvalue weighted by molar-refractivity contribution is 0.0590. The number of esters is 1. The molecule has 4 rings (SSSR count). The number of carbonyl (C=O) groups is 1. The molecule has 0 unspecified atom stereocenters. The van der Waals surface area contributed by atoms with E-state index in [2.05, 4.69) is 15.3 Å². The zero-order valence-corrected chi connectivity index (χ0v) is 18.7. The summed E-state index contributed by atoms with van der Waals surface area (Å²) < 4.78 is 7.41. The molecule has 33 heavy (non-hydrogen) atoms. The van der Waals surface area contributed by atoms with Crippen LogP contribution in [0.2, 0.25) is 10.0 Å². The predicted molar refractivity (Wildman–Crippen MR) is 129 cm³/mol. The molecule has 172 valence electrons. The number of aryl methyl sites for hydroxylation is 1. The Hall–Kier alpha value is -3.56. The van der Waals surface area contributed by atoms with Crippen molar-refractivity contribution in [2.24, 2.45) is 7.05 Å². The molecule has 0 aliphatic heterocycles. The Kier molecular flexibility index (Phi) is 6.95. The molecule has 3 aromatic heterocycles. The molecule has 1 aromatic carbocycles. The largest absolute Gasteiger partial charge is 0.464 e. The number of ether oxygens (including phenoxy) is 1. The SMILES string of the molecule is C.COC(=O)c1cc(Nc2ncc3cc(-c4c(Cl)cccc4Cl)c(=O)n(OC)c3n2)cn1C. The molecule has 0 saturated heterocycles. The van der Waals surface area contributed by atoms with Crippen LogP contribution in [0.1, 0.15) is 17.9 Å². The van der Waals surface area contributed by atoms with Gasteiger partial charge in [0.25, 0.3) is 5.56 Å². The van der Waals surface area contributed by atoms with E-state index in [1.807, 2.05) is 0 Å². The molecule has 4 aromatic rings. The molecule has 0 radical (unpaired) electrons. The van der Waals surface area contributed by atoms with Crippen LogP contribution < -0.4 is 15.7 Å². The third-order valence-corrected chi connectivity index (χ3v) is 5.40. The number of benzene rings is 1. The van der Waals surface area contributed by atoms with Crippen LogP contribution in [0.5, 0.6) is 0 Å². The molecule has 0 aliphatic carbocycles. The fourth-order valence-electron chi connectivity index (χ4n) is 3.30. The molecule has 0 aliphatic rings. The number of carbonyl (C=O) groups excluding carboxylic acids is 1. The first-order chi connectivity index (χ1) is 15.3. The van der Waals surface area contributed by atoms with Gasteiger partial charge in [-0.2, -0.15) is 4.98 Å². The second-order valence-corrected chi connectivity index (χ2v) is 7.57. The van der Waals surface area contributed by atoms with E-state index in [1.165, 1.54) is 20.4 Å². The van der Waals surface area contributed by atoms with Crippen LogP contribution in [0.25, 0.3) is 22.2 Å². The minimum Gasteiger partial charge on any atom is -0.464 e. The van der Waals surface area contributed by atoms with E-state index < -0.39 is 11.5 Å². The minimum atomic E-state index is -0.479. The van der Waals surface area contributed by atoms with Crippen molar-refractivity contribution in [3.8, 4) is 11.1 Å². The fourth-order valence-corrected chi connectivity index (χ4v) is 3.90. The highest BCUT2D eigenvalue weighted by Gasteiger charge is 2.18. The third-order valence-electron chi connectivity index (χ3n) is 4.77. The van der Waals surface area contributed by atoms with Gasteiger partial charge >= 0.3 is 5.97 Å². The van der Waals surface area contributed by atoms with E-state index in [4.69, 9.17) is 32.8 Å². The molecule has 0 bridgehead atoms. The van der Waals surface area contributed by atoms with E-state index in [0.29, 0.717) is 32.4 Å². The number of anilines is 2. The van der Waals surface area contributed by atoms with Crippen LogP contribution in [0.3, 0.4) is 0 Å². The van der Waals surface area contributed by atoms with Crippen molar-refractivity contribution in [3.63, 3.8) is 0 Å². The predicted octanol–water partition coefficient (Wildman–Crippen LogP) is 4.33. The van der Waals surface area contributed by atoms with Crippen LogP contribution in [-0.4, -0.2) is 39.5 Å². The summed E-state index contributed by atoms with van der Waals surface area (Å²) in [6, 6.07) is 8.21. The Labute approximate surface area is 199 Å². The Balaban J connectivity index is 0.00000306. The maximum Gasteiger partial charge on any atom is 0.354 e. The van der Waals surface area contributed by atoms with Gasteiger partial charge in [-0.15, -0.1) is 4.73 Å². The summed E-state index contributed by atoms with van der Waals surface area (Å²) in [5.74, 6) is -0.271. The highest BCUT2D eigenvalue weighted by atomic mass is 35.5. The summed E-state index contributed by atoms with van der Waals surface area (Å²) in [5.41, 5.74) is 1.34. The average molecular weight is 490 g/mol. The Morgan fingerprint density at radius 3 is 2.48 bits per heavy atom. The van der Waals surface area contributed by atoms with Gasteiger partial charge < -0.3 is 19.5 Å². The first-order valence-corrected chi connectivity index (χ1v) is 10.0. The molecule has 0 amide bonds. The highest BCUT2D eigenvalue weighted by molar-refractivity contribution is 6.39. The Morgan fingerprint density at radius 2 is 1.85 bits per heavy atom. The molecular weight excluding hydrogens is 469 g/mol. The van der Waals surface area contributed by atoms with Crippen molar-refractivity contribution in [1.29, 1.82) is 0 Å². The van der Waals surface area contributed by atoms with Gasteiger partial charge in [0, 0.05) is 30.4 Å². The van der Waals surface area contributed by atoms with Crippen molar-refractivity contribution >= 4 is 51.8 Å². The summed E-state index contributed by atoms with van der Waals surface area (Å²) in [4.78, 5) is 39.0. The third kappa shape index (κ3) is 4.37. The molecule has 0 atom stereocenters. The van der Waals surface area contributed by atoms with Gasteiger partial charge in [-0.3, -0.25) is 4.79 Å². The van der Waals surface area contributed by atoms with E-state index >= 15 is 0 Å². The van der Waals surface area contributed by atoms with Gasteiger partial charge in [0.15, 0.2) is 5.65 Å². The van der Waals surface area contributed by atoms with Gasteiger partial charge in [0.05, 0.1) is 28.4 Å². The number of aromatic nitrogens is 4. The zero-order chi connectivity index (χ0) is 23.0. The molecule has 0 saturated carbocycles. The average Bonchev–Trinajstić information content (AvgIpc) is 3.13. The molecule has 0 fully saturated rings. The maximum atomic E-state index is 13.1. The molecular formula is C22H21Cl2N5O4. The molecule has 11 heteroatoms. The monoisotopic (exact) mass is 489 g/mol. The van der Waals surface area contributed by atoms with Gasteiger partial charge in [0.1, 0.15) is 12.8 Å². The van der Waals surface area contributed by atoms with Crippen molar-refractivity contribution in [3.05, 3.63) is 68.8 Å². The molecule has 0 spiro atoms. The summed E-state index contributed by atoms with van der Waals surface area (Å²) in [7, 11) is 4.37. The van der Waals surface area contributed by atoms with Gasteiger partial charge in [-0.05, 0) is 24.3 Å². The van der Waals surface area contributed by atoms with Crippen LogP contribution in [0, 0.1) is 0 Å². The van der Waals surface area contributed by atoms with Crippen molar-refractivity contribution in [1.82, 2.24) is 19.3 Å². The first-order valence-electron chi connectivity index (χ1n) is 9.27. The lowest BCUT2D eigenvalue weighted by atomic mass is 10.1. The second-order valence-electron chi connectivity index (χ2n) is 6.75. The molecule has 9 nitrogen and oxygen atoms in total. The van der Waals surface area contributed by atoms with Crippen molar-refractivity contribution < 1.29 is 14.4 Å². The normalized spacial score (nSPS) is 10.6. The van der Waals surface area contributed by atoms with Crippen LogP contribution >= 0.6 is 23.2 Å². The summed E-state index contributed by atoms with van der Waals surface area (Å²) in [6.45, 7) is 0. The number of nitrogens with one attached hydrogen (secondary N) is 1. The number of halogens is 2. The fraction of sp³-hybridized carbons (Fsp3) is 0.182. The number of nitrogens with zero attached hydrogens (tertiary/aromatic N) is 4. The summed E-state index contributed by atoms with van der Waals surface area (Å²) in [5, 5.41) is 4.21. The number of rotatable bonds is 5. The number of pyridine rings is 1. The van der Waals surface area contributed by atoms with Gasteiger partial charge in [-0.1, -0.05) is 36.7 Å². The van der Waals surface area contributed by atoms with Crippen LogP contribution in [0.4, 0.5) is 11.6 Å². The van der Waals surface area contributed by atoms with E-state index in [-0.39, 0.29) is 24.6 Å². The summed E-state index contributed by atoms with van der Waals surface area (Å²) in [6.07, 6.45) is 3.23. The van der Waals surface area contributed by atoms with Crippen molar-refractivity contribution in [2.45, 2.75) is 7.43 Å². The topological polar surface area (TPSA) is 100 Å². The Bertz CT molecular complexity index is 1390. The molecule has 3 heterocycles. The van der Waals surface area contributed by atoms with E-state index in [1.54, 1.807) is 48.1 Å². The quantitative estimate of drug-likeness (QED) is 0.416. The minimum absolute atomic E-state index is 0. The zero-order valence-electron chi connectivity index (χ0n) is 17.2. The van der Waals surface area contributed by atoms with E-state index in [9.17, 15) is 9.59 Å². The number of hydrogen-bond acceptors (Lipinski definition) is 7. The van der Waals surface area contributed by atoms with Crippen LogP contribution in [-0.2, 0) is 11.8 Å². The number of hydrogen-bond donors (Lipinski definition) is 1. The first kappa shape index (κ1) is 24.1. The van der Waals surface area contributed by atoms with Crippen LogP contribution in [0.15, 0.2) is 47.5 Å². The smallest absolute Gasteiger partial charge is 0.354 e. The van der Waals surface area contributed by atoms with Gasteiger partial charge in [0.2, 0.25) is 5.95 Å². The van der Waals surface area contributed by atoms with E-state index in [0.717, 1.165) is 4.73 Å². The summed E-state index contributed by atoms with van der Waals surface area (Å²) >= 11 is 12.6. The maximum absolute atomic E-state index is 13.1. The standard InChI is InChI=1S/C21H17Cl2N5O4.CH4/c1-27-10-12(8-16(27)20(30)31-2)25-21-24-9-11-7-13(17-14(22)5-4-6-15(17)23)19(29)28(32-3)18(11)26-21;/h4-10H,1-3H3,(H,24,25,26);1H4. The lowest BCUT2D eigenvalue weighted by Gasteiger charge is -2.13. The lowest BCUT2D eigenvalue weighted by Crippen LogP contribution is -2.27. The second kappa shape index (κ2) is 9.51. The Morgan fingerprint density at radius 1 is 1.15 bits per heavy atom. The van der Waals surface area contributed by atoms with Crippen molar-refractivity contribution in [2.75, 3.05) is 19.5 Å². The number of fused-ring (bicyclic) bond motifs is 1. The number of methoxy groups -OCH3 is 1. The highest BCUT2D eigenvalue weighted by Crippen LogP contribution is 2.33. The molecule has 1 N–H and O–H groups in total. The van der Waals surface area contributed by atoms with Gasteiger partial charge in [-0.25, -0.2) is 9.78 Å².